The Morgan fingerprint density at radius 2 is 0.587 bits per heavy atom. The van der Waals surface area contributed by atoms with Crippen LogP contribution in [0.25, 0.3) is 65.8 Å². The monoisotopic (exact) mass is 1800 g/mol. The first-order chi connectivity index (χ1) is 50.3. The van der Waals surface area contributed by atoms with Gasteiger partial charge in [0, 0.05) is 21.5 Å². The van der Waals surface area contributed by atoms with Crippen LogP contribution < -0.4 is 0 Å². The number of aliphatic carboxylic acids is 2. The number of halogens is 8. The summed E-state index contributed by atoms with van der Waals surface area (Å²) in [7, 11) is 0. The molecule has 32 heteroatoms. The van der Waals surface area contributed by atoms with Gasteiger partial charge in [0.2, 0.25) is 18.9 Å². The quantitative estimate of drug-likeness (QED) is 0.0472. The van der Waals surface area contributed by atoms with Gasteiger partial charge in [0.25, 0.3) is 0 Å². The summed E-state index contributed by atoms with van der Waals surface area (Å²) in [4.78, 5) is 45.3. The molecule has 0 atom stereocenters. The predicted octanol–water partition coefficient (Wildman–Crippen LogP) is 20.5. The van der Waals surface area contributed by atoms with Gasteiger partial charge in [-0.25, -0.2) is 0 Å². The number of carboxylic acids is 2. The summed E-state index contributed by atoms with van der Waals surface area (Å²) in [6.07, 6.45) is 9.58. The first-order valence-corrected chi connectivity index (χ1v) is 41.5. The Morgan fingerprint density at radius 3 is 0.788 bits per heavy atom. The molecule has 0 saturated heterocycles. The minimum atomic E-state index is -0.907. The summed E-state index contributed by atoms with van der Waals surface area (Å²) >= 11 is 45.3. The SMILES string of the molecule is CCOC(=O)CSc1nnc(Br)n1-c1c(Cl)cc(C2CC2)c2ccccc12.CCOC(=O)CSc1nnc(Br)n1-c1c(Cl)cc(C2CC2)c2ccccc12.O=C(O)CSc1nnc(Br)n1-c1c(Cl)cc(C2CC2)c2ccccc12.O=C(O)CSc1nnc(Br)n1-c1c(Cl)cc(C2CC2)c2ccccc12. The van der Waals surface area contributed by atoms with Gasteiger partial charge in [-0.05, 0) is 221 Å². The van der Waals surface area contributed by atoms with E-state index in [-0.39, 0.29) is 35.0 Å². The van der Waals surface area contributed by atoms with E-state index >= 15 is 0 Å². The van der Waals surface area contributed by atoms with Crippen molar-refractivity contribution in [2.75, 3.05) is 36.2 Å². The fraction of sp³-hybridized carbons (Fsp3) is 0.278. The zero-order valence-corrected chi connectivity index (χ0v) is 67.8. The second kappa shape index (κ2) is 33.9. The fourth-order valence-electron chi connectivity index (χ4n) is 12.3. The molecule has 0 aliphatic heterocycles. The standard InChI is InChI=1S/2C19H17BrClN3O2S.2C17H13BrClN3O2S/c2*1-2-26-16(25)10-27-19-23-22-18(20)24(19)17-13-6-4-3-5-12(13)14(9-15(17)21)11-7-8-11;2*18-16-20-21-17(25-8-14(23)24)22(16)15-11-4-2-1-3-10(11)12(7-13(15)19)9-5-6-9/h2*3-6,9,11H,2,7-8,10H2,1H3;2*1-4,7,9H,5-6,8H2,(H,23,24). The van der Waals surface area contributed by atoms with Crippen molar-refractivity contribution in [2.45, 2.75) is 110 Å². The van der Waals surface area contributed by atoms with Crippen LogP contribution in [0.2, 0.25) is 20.1 Å². The molecule has 16 rings (SSSR count). The number of rotatable bonds is 22. The molecule has 4 fully saturated rings. The summed E-state index contributed by atoms with van der Waals surface area (Å²) in [6.45, 7) is 4.29. The van der Waals surface area contributed by atoms with Gasteiger partial charge >= 0.3 is 23.9 Å². The minimum absolute atomic E-state index is 0.0964. The van der Waals surface area contributed by atoms with Crippen LogP contribution in [-0.4, -0.2) is 129 Å². The zero-order valence-electron chi connectivity index (χ0n) is 55.1. The van der Waals surface area contributed by atoms with Crippen molar-refractivity contribution in [1.82, 2.24) is 59.1 Å². The van der Waals surface area contributed by atoms with Crippen molar-refractivity contribution in [2.24, 2.45) is 0 Å². The molecule has 4 aromatic heterocycles. The Kier molecular flexibility index (Phi) is 24.7. The molecular formula is C72H60Br4Cl4N12O8S4. The summed E-state index contributed by atoms with van der Waals surface area (Å²) < 4.78 is 19.3. The van der Waals surface area contributed by atoms with Crippen LogP contribution in [0.5, 0.6) is 0 Å². The number of hydrogen-bond acceptors (Lipinski definition) is 18. The molecule has 0 spiro atoms. The number of carbonyl (C=O) groups is 4. The molecule has 12 aromatic rings. The highest BCUT2D eigenvalue weighted by Crippen LogP contribution is 2.51. The number of carboxylic acid groups (broad SMARTS) is 2. The van der Waals surface area contributed by atoms with E-state index in [0.717, 1.165) is 67.8 Å². The van der Waals surface area contributed by atoms with Gasteiger partial charge in [0.05, 0.1) is 79.1 Å². The van der Waals surface area contributed by atoms with Crippen molar-refractivity contribution in [1.29, 1.82) is 0 Å². The Morgan fingerprint density at radius 1 is 0.375 bits per heavy atom. The van der Waals surface area contributed by atoms with Crippen LogP contribution >= 0.6 is 157 Å². The van der Waals surface area contributed by atoms with Crippen LogP contribution in [0, 0.1) is 0 Å². The Bertz CT molecular complexity index is 4980. The number of thioether (sulfide) groups is 4. The van der Waals surface area contributed by atoms with Crippen molar-refractivity contribution in [3.8, 4) is 22.7 Å². The van der Waals surface area contributed by atoms with Crippen molar-refractivity contribution >= 4 is 224 Å². The van der Waals surface area contributed by atoms with E-state index in [9.17, 15) is 19.2 Å². The van der Waals surface area contributed by atoms with Gasteiger partial charge in [-0.15, -0.1) is 40.8 Å². The van der Waals surface area contributed by atoms with Crippen LogP contribution in [0.4, 0.5) is 0 Å². The summed E-state index contributed by atoms with van der Waals surface area (Å²) in [5.41, 5.74) is 8.31. The van der Waals surface area contributed by atoms with Gasteiger partial charge in [0.1, 0.15) is 0 Å². The number of fused-ring (bicyclic) bond motifs is 4. The number of ether oxygens (including phenoxy) is 2. The number of benzene rings is 8. The van der Waals surface area contributed by atoms with Gasteiger partial charge in [-0.1, -0.05) is 191 Å². The third kappa shape index (κ3) is 17.2. The summed E-state index contributed by atoms with van der Waals surface area (Å²) in [5.74, 6) is 0.0634. The largest absolute Gasteiger partial charge is 0.481 e. The summed E-state index contributed by atoms with van der Waals surface area (Å²) in [6, 6.07) is 40.9. The molecule has 0 unspecified atom stereocenters. The lowest BCUT2D eigenvalue weighted by atomic mass is 9.99. The Labute approximate surface area is 666 Å². The zero-order chi connectivity index (χ0) is 73.0. The maximum atomic E-state index is 11.7. The molecule has 0 bridgehead atoms. The molecule has 4 saturated carbocycles. The third-order valence-electron chi connectivity index (χ3n) is 17.2. The molecule has 0 amide bonds. The van der Waals surface area contributed by atoms with Gasteiger partial charge in [-0.2, -0.15) is 0 Å². The molecule has 8 aromatic carbocycles. The molecular weight excluding hydrogens is 1750 g/mol. The highest BCUT2D eigenvalue weighted by Gasteiger charge is 2.33. The summed E-state index contributed by atoms with van der Waals surface area (Å²) in [5, 5.41) is 64.3. The van der Waals surface area contributed by atoms with Gasteiger partial charge in [-0.3, -0.25) is 37.4 Å². The average Bonchev–Trinajstić information content (AvgIpc) is 1.62. The van der Waals surface area contributed by atoms with E-state index in [1.165, 1.54) is 119 Å². The van der Waals surface area contributed by atoms with E-state index in [1.54, 1.807) is 23.0 Å². The molecule has 20 nitrogen and oxygen atoms in total. The topological polar surface area (TPSA) is 250 Å². The highest BCUT2D eigenvalue weighted by atomic mass is 79.9. The highest BCUT2D eigenvalue weighted by molar-refractivity contribution is 9.11. The Hall–Kier alpha value is -6.28. The van der Waals surface area contributed by atoms with Crippen LogP contribution in [-0.2, 0) is 28.7 Å². The Balaban J connectivity index is 0.000000123. The van der Waals surface area contributed by atoms with Crippen molar-refractivity contribution in [3.63, 3.8) is 0 Å². The van der Waals surface area contributed by atoms with E-state index in [4.69, 9.17) is 66.1 Å². The number of esters is 2. The second-order valence-corrected chi connectivity index (χ2v) is 32.6. The van der Waals surface area contributed by atoms with E-state index in [0.29, 0.717) is 96.5 Å². The molecule has 2 N–H and O–H groups in total. The number of carbonyl (C=O) groups excluding carboxylic acids is 2. The first kappa shape index (κ1) is 75.9. The van der Waals surface area contributed by atoms with E-state index in [2.05, 4.69) is 153 Å². The van der Waals surface area contributed by atoms with E-state index in [1.807, 2.05) is 81.9 Å². The molecule has 536 valence electrons. The normalized spacial score (nSPS) is 14.0. The fourth-order valence-corrected chi connectivity index (χ4v) is 18.5. The van der Waals surface area contributed by atoms with Gasteiger partial charge in [0.15, 0.2) is 20.6 Å². The molecule has 104 heavy (non-hydrogen) atoms. The third-order valence-corrected chi connectivity index (χ3v) is 24.1. The average molecular weight is 1810 g/mol. The lowest BCUT2D eigenvalue weighted by Gasteiger charge is -2.16. The first-order valence-electron chi connectivity index (χ1n) is 32.9. The van der Waals surface area contributed by atoms with Crippen LogP contribution in [0.15, 0.2) is 161 Å². The maximum Gasteiger partial charge on any atom is 0.316 e. The molecule has 4 aliphatic rings. The smallest absolute Gasteiger partial charge is 0.316 e. The molecule has 4 heterocycles. The lowest BCUT2D eigenvalue weighted by Crippen LogP contribution is -2.08. The van der Waals surface area contributed by atoms with Crippen molar-refractivity contribution in [3.05, 3.63) is 183 Å². The molecule has 0 radical (unpaired) electrons. The maximum absolute atomic E-state index is 11.7. The number of hydrogen-bond donors (Lipinski definition) is 2. The number of aromatic nitrogens is 12. The van der Waals surface area contributed by atoms with E-state index < -0.39 is 11.9 Å². The predicted molar refractivity (Wildman–Crippen MR) is 426 cm³/mol. The van der Waals surface area contributed by atoms with Crippen LogP contribution in [0.3, 0.4) is 0 Å². The lowest BCUT2D eigenvalue weighted by molar-refractivity contribution is -0.140. The van der Waals surface area contributed by atoms with Crippen LogP contribution in [0.1, 0.15) is 111 Å². The molecule has 4 aliphatic carbocycles. The second-order valence-electron chi connectivity index (χ2n) is 24.4. The van der Waals surface area contributed by atoms with Crippen molar-refractivity contribution < 1.29 is 38.9 Å². The minimum Gasteiger partial charge on any atom is -0.481 e. The van der Waals surface area contributed by atoms with Gasteiger partial charge < -0.3 is 19.7 Å². The number of nitrogens with zero attached hydrogens (tertiary/aromatic N) is 12.